The van der Waals surface area contributed by atoms with Crippen LogP contribution in [0.3, 0.4) is 0 Å². The third-order valence-electron chi connectivity index (χ3n) is 4.72. The number of nitrogens with zero attached hydrogens (tertiary/aromatic N) is 5. The van der Waals surface area contributed by atoms with Crippen molar-refractivity contribution in [2.45, 2.75) is 32.7 Å². The van der Waals surface area contributed by atoms with Crippen LogP contribution in [0.5, 0.6) is 0 Å². The first kappa shape index (κ1) is 20.4. The SMILES string of the molecule is CC(C)c1nnc(-c2cccc(Nc3ncnn4ccc(CNCCCN)c34)c2)s1. The Bertz CT molecular complexity index is 1120. The minimum Gasteiger partial charge on any atom is -0.338 e. The summed E-state index contributed by atoms with van der Waals surface area (Å²) in [4.78, 5) is 4.49. The van der Waals surface area contributed by atoms with E-state index in [0.717, 1.165) is 57.7 Å². The number of hydrogen-bond donors (Lipinski definition) is 3. The lowest BCUT2D eigenvalue weighted by Gasteiger charge is -2.10. The second kappa shape index (κ2) is 9.29. The normalized spacial score (nSPS) is 11.5. The molecular formula is C21H26N8S. The van der Waals surface area contributed by atoms with Gasteiger partial charge < -0.3 is 16.4 Å². The summed E-state index contributed by atoms with van der Waals surface area (Å²) in [7, 11) is 0. The number of nitrogens with two attached hydrogens (primary N) is 1. The van der Waals surface area contributed by atoms with E-state index in [9.17, 15) is 0 Å². The summed E-state index contributed by atoms with van der Waals surface area (Å²) < 4.78 is 1.85. The van der Waals surface area contributed by atoms with Gasteiger partial charge in [0.1, 0.15) is 21.9 Å². The van der Waals surface area contributed by atoms with Crippen molar-refractivity contribution in [3.63, 3.8) is 0 Å². The number of benzene rings is 1. The minimum absolute atomic E-state index is 0.373. The molecule has 0 saturated carbocycles. The molecule has 9 heteroatoms. The number of hydrogen-bond acceptors (Lipinski definition) is 8. The highest BCUT2D eigenvalue weighted by Gasteiger charge is 2.12. The molecule has 8 nitrogen and oxygen atoms in total. The predicted molar refractivity (Wildman–Crippen MR) is 121 cm³/mol. The summed E-state index contributed by atoms with van der Waals surface area (Å²) in [5, 5.41) is 21.8. The maximum Gasteiger partial charge on any atom is 0.158 e. The molecule has 1 aromatic carbocycles. The van der Waals surface area contributed by atoms with Crippen molar-refractivity contribution in [2.75, 3.05) is 18.4 Å². The van der Waals surface area contributed by atoms with Crippen LogP contribution < -0.4 is 16.4 Å². The summed E-state index contributed by atoms with van der Waals surface area (Å²) in [5.74, 6) is 1.14. The van der Waals surface area contributed by atoms with Gasteiger partial charge in [-0.25, -0.2) is 9.50 Å². The van der Waals surface area contributed by atoms with Crippen LogP contribution in [0.25, 0.3) is 16.1 Å². The number of nitrogens with one attached hydrogen (secondary N) is 2. The van der Waals surface area contributed by atoms with E-state index in [4.69, 9.17) is 5.73 Å². The summed E-state index contributed by atoms with van der Waals surface area (Å²) in [5.41, 5.74) is 9.65. The Morgan fingerprint density at radius 3 is 2.90 bits per heavy atom. The van der Waals surface area contributed by atoms with Gasteiger partial charge in [0.15, 0.2) is 5.82 Å². The Kier molecular flexibility index (Phi) is 6.32. The molecule has 30 heavy (non-hydrogen) atoms. The summed E-state index contributed by atoms with van der Waals surface area (Å²) in [6.45, 7) is 6.56. The van der Waals surface area contributed by atoms with E-state index in [1.165, 1.54) is 0 Å². The highest BCUT2D eigenvalue weighted by molar-refractivity contribution is 7.14. The lowest BCUT2D eigenvalue weighted by Crippen LogP contribution is -2.17. The van der Waals surface area contributed by atoms with Crippen molar-refractivity contribution in [3.8, 4) is 10.6 Å². The van der Waals surface area contributed by atoms with E-state index < -0.39 is 0 Å². The molecule has 156 valence electrons. The molecule has 0 spiro atoms. The third kappa shape index (κ3) is 4.48. The second-order valence-electron chi connectivity index (χ2n) is 7.37. The van der Waals surface area contributed by atoms with E-state index >= 15 is 0 Å². The van der Waals surface area contributed by atoms with Crippen LogP contribution in [-0.2, 0) is 6.54 Å². The van der Waals surface area contributed by atoms with Gasteiger partial charge in [-0.15, -0.1) is 10.2 Å². The van der Waals surface area contributed by atoms with Gasteiger partial charge in [0.2, 0.25) is 0 Å². The number of fused-ring (bicyclic) bond motifs is 1. The van der Waals surface area contributed by atoms with Gasteiger partial charge in [0.25, 0.3) is 0 Å². The topological polar surface area (TPSA) is 106 Å². The first-order valence-corrected chi connectivity index (χ1v) is 10.9. The Morgan fingerprint density at radius 1 is 1.20 bits per heavy atom. The fourth-order valence-electron chi connectivity index (χ4n) is 3.15. The average molecular weight is 423 g/mol. The number of rotatable bonds is 9. The van der Waals surface area contributed by atoms with Crippen molar-refractivity contribution in [3.05, 3.63) is 53.4 Å². The molecule has 0 unspecified atom stereocenters. The second-order valence-corrected chi connectivity index (χ2v) is 8.38. The Balaban J connectivity index is 1.59. The molecule has 0 bridgehead atoms. The van der Waals surface area contributed by atoms with Crippen molar-refractivity contribution in [1.82, 2.24) is 30.1 Å². The maximum absolute atomic E-state index is 5.58. The molecule has 0 radical (unpaired) electrons. The monoisotopic (exact) mass is 422 g/mol. The van der Waals surface area contributed by atoms with Gasteiger partial charge >= 0.3 is 0 Å². The summed E-state index contributed by atoms with van der Waals surface area (Å²) >= 11 is 1.63. The molecule has 0 saturated heterocycles. The Hall–Kier alpha value is -2.88. The molecule has 0 fully saturated rings. The van der Waals surface area contributed by atoms with Gasteiger partial charge in [-0.05, 0) is 43.3 Å². The molecule has 0 aliphatic heterocycles. The Morgan fingerprint density at radius 2 is 2.10 bits per heavy atom. The molecule has 4 N–H and O–H groups in total. The van der Waals surface area contributed by atoms with Crippen LogP contribution >= 0.6 is 11.3 Å². The van der Waals surface area contributed by atoms with Crippen LogP contribution in [-0.4, -0.2) is 37.9 Å². The molecule has 0 amide bonds. The fourth-order valence-corrected chi connectivity index (χ4v) is 4.00. The zero-order valence-corrected chi connectivity index (χ0v) is 18.0. The van der Waals surface area contributed by atoms with Gasteiger partial charge in [-0.1, -0.05) is 37.3 Å². The lowest BCUT2D eigenvalue weighted by atomic mass is 10.2. The van der Waals surface area contributed by atoms with E-state index in [-0.39, 0.29) is 0 Å². The van der Waals surface area contributed by atoms with E-state index in [1.807, 2.05) is 22.8 Å². The van der Waals surface area contributed by atoms with Gasteiger partial charge in [0.05, 0.1) is 0 Å². The van der Waals surface area contributed by atoms with Crippen LogP contribution in [0.15, 0.2) is 42.9 Å². The summed E-state index contributed by atoms with van der Waals surface area (Å²) in [6, 6.07) is 10.2. The zero-order valence-electron chi connectivity index (χ0n) is 17.2. The fraction of sp³-hybridized carbons (Fsp3) is 0.333. The molecule has 3 aromatic heterocycles. The van der Waals surface area contributed by atoms with Crippen molar-refractivity contribution < 1.29 is 0 Å². The van der Waals surface area contributed by atoms with Gasteiger partial charge in [0, 0.05) is 29.9 Å². The van der Waals surface area contributed by atoms with Crippen molar-refractivity contribution in [1.29, 1.82) is 0 Å². The number of aromatic nitrogens is 5. The van der Waals surface area contributed by atoms with E-state index in [1.54, 1.807) is 17.7 Å². The molecule has 3 heterocycles. The van der Waals surface area contributed by atoms with Crippen molar-refractivity contribution >= 4 is 28.4 Å². The van der Waals surface area contributed by atoms with Crippen LogP contribution in [0.4, 0.5) is 11.5 Å². The largest absolute Gasteiger partial charge is 0.338 e. The zero-order chi connectivity index (χ0) is 20.9. The van der Waals surface area contributed by atoms with Crippen LogP contribution in [0.2, 0.25) is 0 Å². The minimum atomic E-state index is 0.373. The third-order valence-corrected chi connectivity index (χ3v) is 5.99. The molecule has 0 aliphatic carbocycles. The molecule has 0 atom stereocenters. The first-order chi connectivity index (χ1) is 14.7. The van der Waals surface area contributed by atoms with Crippen molar-refractivity contribution in [2.24, 2.45) is 5.73 Å². The van der Waals surface area contributed by atoms with E-state index in [0.29, 0.717) is 12.5 Å². The average Bonchev–Trinajstić information content (AvgIpc) is 3.40. The highest BCUT2D eigenvalue weighted by Crippen LogP contribution is 2.30. The molecule has 4 aromatic rings. The summed E-state index contributed by atoms with van der Waals surface area (Å²) in [6.07, 6.45) is 4.46. The van der Waals surface area contributed by atoms with Crippen LogP contribution in [0.1, 0.15) is 36.8 Å². The molecule has 0 aliphatic rings. The predicted octanol–water partition coefficient (Wildman–Crippen LogP) is 3.55. The molecule has 4 rings (SSSR count). The smallest absolute Gasteiger partial charge is 0.158 e. The highest BCUT2D eigenvalue weighted by atomic mass is 32.1. The standard InChI is InChI=1S/C21H26N8S/c1-14(2)20-27-28-21(30-20)15-5-3-6-17(11-15)26-19-18-16(12-23-9-4-8-22)7-10-29(18)25-13-24-19/h3,5-7,10-11,13-14,23H,4,8-9,12,22H2,1-2H3,(H,24,25,26). The van der Waals surface area contributed by atoms with Crippen LogP contribution in [0, 0.1) is 0 Å². The number of anilines is 2. The Labute approximate surface area is 179 Å². The molecular weight excluding hydrogens is 396 g/mol. The van der Waals surface area contributed by atoms with Gasteiger partial charge in [-0.3, -0.25) is 0 Å². The maximum atomic E-state index is 5.58. The lowest BCUT2D eigenvalue weighted by molar-refractivity contribution is 0.657. The quantitative estimate of drug-likeness (QED) is 0.354. The van der Waals surface area contributed by atoms with E-state index in [2.05, 4.69) is 63.0 Å². The van der Waals surface area contributed by atoms with Gasteiger partial charge in [-0.2, -0.15) is 5.10 Å². The first-order valence-electron chi connectivity index (χ1n) is 10.1.